The predicted molar refractivity (Wildman–Crippen MR) is 98.8 cm³/mol. The number of benzene rings is 2. The van der Waals surface area contributed by atoms with Gasteiger partial charge in [0.1, 0.15) is 11.5 Å². The van der Waals surface area contributed by atoms with Crippen molar-refractivity contribution < 1.29 is 13.6 Å². The van der Waals surface area contributed by atoms with Crippen LogP contribution < -0.4 is 9.05 Å². The summed E-state index contributed by atoms with van der Waals surface area (Å²) in [5, 5.41) is 0. The highest BCUT2D eigenvalue weighted by molar-refractivity contribution is 8.55. The van der Waals surface area contributed by atoms with Gasteiger partial charge in [-0.2, -0.15) is 0 Å². The third kappa shape index (κ3) is 4.79. The summed E-state index contributed by atoms with van der Waals surface area (Å²) in [6, 6.07) is 11.7. The molecule has 0 saturated heterocycles. The number of hydrogen-bond donors (Lipinski definition) is 0. The Morgan fingerprint density at radius 1 is 0.870 bits per heavy atom. The van der Waals surface area contributed by atoms with E-state index in [9.17, 15) is 4.57 Å². The zero-order valence-corrected chi connectivity index (χ0v) is 16.0. The van der Waals surface area contributed by atoms with Gasteiger partial charge in [-0.15, -0.1) is 0 Å². The van der Waals surface area contributed by atoms with E-state index in [4.69, 9.17) is 9.05 Å². The lowest BCUT2D eigenvalue weighted by Gasteiger charge is -2.21. The fraction of sp³-hybridized carbons (Fsp3) is 0.333. The van der Waals surface area contributed by atoms with Crippen LogP contribution in [0.15, 0.2) is 36.4 Å². The van der Waals surface area contributed by atoms with Crippen LogP contribution >= 0.6 is 18.2 Å². The second-order valence-electron chi connectivity index (χ2n) is 5.59. The molecule has 2 rings (SSSR count). The monoisotopic (exact) mass is 350 g/mol. The highest BCUT2D eigenvalue weighted by Gasteiger charge is 2.30. The fourth-order valence-electron chi connectivity index (χ4n) is 2.08. The van der Waals surface area contributed by atoms with Gasteiger partial charge in [0.25, 0.3) is 0 Å². The van der Waals surface area contributed by atoms with Crippen molar-refractivity contribution in [3.8, 4) is 11.5 Å². The molecule has 23 heavy (non-hydrogen) atoms. The molecule has 124 valence electrons. The number of aryl methyl sites for hydroxylation is 4. The molecule has 0 aromatic heterocycles. The summed E-state index contributed by atoms with van der Waals surface area (Å²) < 4.78 is 24.9. The average molecular weight is 350 g/mol. The Balaban J connectivity index is 2.33. The molecule has 2 aromatic carbocycles. The molecule has 0 atom stereocenters. The van der Waals surface area contributed by atoms with Crippen molar-refractivity contribution in [2.75, 3.05) is 5.75 Å². The topological polar surface area (TPSA) is 35.5 Å². The smallest absolute Gasteiger partial charge is 0.408 e. The van der Waals surface area contributed by atoms with Gasteiger partial charge in [0.2, 0.25) is 0 Å². The Kier molecular flexibility index (Phi) is 5.83. The van der Waals surface area contributed by atoms with Gasteiger partial charge in [-0.25, -0.2) is 4.57 Å². The summed E-state index contributed by atoms with van der Waals surface area (Å²) in [5.41, 5.74) is 4.00. The van der Waals surface area contributed by atoms with Crippen LogP contribution in [0.4, 0.5) is 0 Å². The highest BCUT2D eigenvalue weighted by Crippen LogP contribution is 2.60. The van der Waals surface area contributed by atoms with Crippen molar-refractivity contribution in [3.63, 3.8) is 0 Å². The Bertz CT molecular complexity index is 686. The molecule has 0 radical (unpaired) electrons. The second kappa shape index (κ2) is 7.46. The minimum atomic E-state index is -3.34. The molecule has 0 heterocycles. The first kappa shape index (κ1) is 18.0. The van der Waals surface area contributed by atoms with Gasteiger partial charge in [0, 0.05) is 5.75 Å². The molecule has 0 N–H and O–H groups in total. The highest BCUT2D eigenvalue weighted by atomic mass is 32.7. The molecule has 0 saturated carbocycles. The fourth-order valence-corrected chi connectivity index (χ4v) is 5.16. The first-order valence-corrected chi connectivity index (χ1v) is 10.7. The van der Waals surface area contributed by atoms with Crippen molar-refractivity contribution in [2.45, 2.75) is 34.6 Å². The second-order valence-corrected chi connectivity index (χ2v) is 9.80. The first-order valence-electron chi connectivity index (χ1n) is 7.61. The van der Waals surface area contributed by atoms with Crippen molar-refractivity contribution in [2.24, 2.45) is 0 Å². The molecule has 0 spiro atoms. The Labute approximate surface area is 142 Å². The van der Waals surface area contributed by atoms with Gasteiger partial charge in [-0.05, 0) is 73.5 Å². The lowest BCUT2D eigenvalue weighted by molar-refractivity contribution is 0.405. The largest absolute Gasteiger partial charge is 0.492 e. The molecule has 0 bridgehead atoms. The molecule has 2 aromatic rings. The average Bonchev–Trinajstić information content (AvgIpc) is 2.47. The molecule has 0 aliphatic heterocycles. The van der Waals surface area contributed by atoms with Crippen LogP contribution in [0.2, 0.25) is 0 Å². The van der Waals surface area contributed by atoms with Crippen LogP contribution in [0, 0.1) is 27.7 Å². The quantitative estimate of drug-likeness (QED) is 0.578. The third-order valence-electron chi connectivity index (χ3n) is 3.39. The standard InChI is InChI=1S/C18H23O3PS/c1-6-23-22(19,20-17-11-13(2)7-9-15(17)4)21-18-12-14(3)8-10-16(18)5/h7-12H,6H2,1-5H3. The van der Waals surface area contributed by atoms with E-state index < -0.39 is 6.80 Å². The maximum atomic E-state index is 13.2. The Morgan fingerprint density at radius 3 is 1.70 bits per heavy atom. The van der Waals surface area contributed by atoms with Crippen LogP contribution in [0.25, 0.3) is 0 Å². The van der Waals surface area contributed by atoms with Gasteiger partial charge in [-0.1, -0.05) is 31.2 Å². The Hall–Kier alpha value is -1.38. The van der Waals surface area contributed by atoms with E-state index in [0.29, 0.717) is 17.3 Å². The molecule has 0 unspecified atom stereocenters. The minimum absolute atomic E-state index is 0.611. The van der Waals surface area contributed by atoms with E-state index in [1.165, 1.54) is 11.4 Å². The summed E-state index contributed by atoms with van der Waals surface area (Å²) in [6.07, 6.45) is 0. The van der Waals surface area contributed by atoms with Crippen molar-refractivity contribution in [3.05, 3.63) is 58.7 Å². The van der Waals surface area contributed by atoms with Crippen molar-refractivity contribution in [1.29, 1.82) is 0 Å². The van der Waals surface area contributed by atoms with E-state index in [1.807, 2.05) is 71.0 Å². The van der Waals surface area contributed by atoms with Gasteiger partial charge < -0.3 is 9.05 Å². The summed E-state index contributed by atoms with van der Waals surface area (Å²) in [6.45, 7) is 6.44. The Morgan fingerprint density at radius 2 is 1.30 bits per heavy atom. The minimum Gasteiger partial charge on any atom is -0.408 e. The van der Waals surface area contributed by atoms with Crippen LogP contribution in [0.1, 0.15) is 29.2 Å². The van der Waals surface area contributed by atoms with Crippen molar-refractivity contribution >= 4 is 18.2 Å². The molecular weight excluding hydrogens is 327 g/mol. The molecule has 3 nitrogen and oxygen atoms in total. The number of rotatable bonds is 6. The zero-order valence-electron chi connectivity index (χ0n) is 14.3. The van der Waals surface area contributed by atoms with Crippen LogP contribution in [-0.2, 0) is 4.57 Å². The van der Waals surface area contributed by atoms with Crippen LogP contribution in [-0.4, -0.2) is 5.75 Å². The lowest BCUT2D eigenvalue weighted by Crippen LogP contribution is -2.01. The third-order valence-corrected chi connectivity index (χ3v) is 6.98. The lowest BCUT2D eigenvalue weighted by atomic mass is 10.1. The predicted octanol–water partition coefficient (Wildman–Crippen LogP) is 6.24. The van der Waals surface area contributed by atoms with E-state index in [2.05, 4.69) is 0 Å². The van der Waals surface area contributed by atoms with E-state index in [-0.39, 0.29) is 0 Å². The van der Waals surface area contributed by atoms with Gasteiger partial charge in [0.15, 0.2) is 0 Å². The molecular formula is C18H23O3PS. The normalized spacial score (nSPS) is 11.3. The van der Waals surface area contributed by atoms with E-state index in [0.717, 1.165) is 22.3 Å². The van der Waals surface area contributed by atoms with Crippen LogP contribution in [0.3, 0.4) is 0 Å². The first-order chi connectivity index (χ1) is 10.8. The molecule has 0 amide bonds. The van der Waals surface area contributed by atoms with Crippen molar-refractivity contribution in [1.82, 2.24) is 0 Å². The van der Waals surface area contributed by atoms with E-state index in [1.54, 1.807) is 0 Å². The van der Waals surface area contributed by atoms with Crippen LogP contribution in [0.5, 0.6) is 11.5 Å². The van der Waals surface area contributed by atoms with Gasteiger partial charge >= 0.3 is 6.80 Å². The van der Waals surface area contributed by atoms with E-state index >= 15 is 0 Å². The molecule has 0 fully saturated rings. The molecule has 0 aliphatic carbocycles. The van der Waals surface area contributed by atoms with Gasteiger partial charge in [-0.3, -0.25) is 0 Å². The number of hydrogen-bond acceptors (Lipinski definition) is 4. The maximum absolute atomic E-state index is 13.2. The van der Waals surface area contributed by atoms with Gasteiger partial charge in [0.05, 0.1) is 0 Å². The summed E-state index contributed by atoms with van der Waals surface area (Å²) in [5.74, 6) is 1.87. The summed E-state index contributed by atoms with van der Waals surface area (Å²) >= 11 is 1.21. The molecule has 0 aliphatic rings. The molecule has 5 heteroatoms. The summed E-state index contributed by atoms with van der Waals surface area (Å²) in [7, 11) is 0. The summed E-state index contributed by atoms with van der Waals surface area (Å²) in [4.78, 5) is 0. The zero-order chi connectivity index (χ0) is 17.0. The SMILES string of the molecule is CCSP(=O)(Oc1cc(C)ccc1C)Oc1cc(C)ccc1C. The maximum Gasteiger partial charge on any atom is 0.492 e.